The fourth-order valence-corrected chi connectivity index (χ4v) is 9.84. The maximum absolute atomic E-state index is 9.63. The molecule has 0 radical (unpaired) electrons. The van der Waals surface area contributed by atoms with Gasteiger partial charge in [0.25, 0.3) is 6.71 Å². The molecular formula is C48H30BN3S. The van der Waals surface area contributed by atoms with Crippen LogP contribution in [0.2, 0.25) is 0 Å². The van der Waals surface area contributed by atoms with Crippen LogP contribution in [-0.4, -0.2) is 11.3 Å². The number of rotatable bonds is 4. The highest BCUT2D eigenvalue weighted by Crippen LogP contribution is 2.48. The van der Waals surface area contributed by atoms with E-state index in [2.05, 4.69) is 51.9 Å². The van der Waals surface area contributed by atoms with Gasteiger partial charge in [0.15, 0.2) is 0 Å². The van der Waals surface area contributed by atoms with E-state index in [-0.39, 0.29) is 28.9 Å². The van der Waals surface area contributed by atoms with Gasteiger partial charge in [0.05, 0.1) is 23.5 Å². The van der Waals surface area contributed by atoms with E-state index in [1.54, 1.807) is 11.3 Å². The molecule has 4 heterocycles. The predicted octanol–water partition coefficient (Wildman–Crippen LogP) is 11.2. The zero-order valence-corrected chi connectivity index (χ0v) is 28.8. The third kappa shape index (κ3) is 4.00. The summed E-state index contributed by atoms with van der Waals surface area (Å²) < 4.78 is 86.7. The number of aromatic nitrogens is 1. The summed E-state index contributed by atoms with van der Waals surface area (Å²) in [6.45, 7) is -0.733. The third-order valence-electron chi connectivity index (χ3n) is 10.7. The molecular weight excluding hydrogens is 661 g/mol. The zero-order chi connectivity index (χ0) is 42.5. The van der Waals surface area contributed by atoms with Gasteiger partial charge in [-0.25, -0.2) is 0 Å². The summed E-state index contributed by atoms with van der Waals surface area (Å²) in [5.41, 5.74) is 7.07. The van der Waals surface area contributed by atoms with E-state index in [1.165, 1.54) is 4.90 Å². The maximum Gasteiger partial charge on any atom is 0.252 e. The molecule has 2 aromatic heterocycles. The van der Waals surface area contributed by atoms with Crippen molar-refractivity contribution < 1.29 is 12.3 Å². The van der Waals surface area contributed by atoms with E-state index < -0.39 is 49.0 Å². The monoisotopic (exact) mass is 700 g/mol. The smallest absolute Gasteiger partial charge is 0.252 e. The third-order valence-corrected chi connectivity index (χ3v) is 11.9. The number of hydrogen-bond donors (Lipinski definition) is 0. The lowest BCUT2D eigenvalue weighted by atomic mass is 9.34. The fraction of sp³-hybridized carbons (Fsp3) is 0. The summed E-state index contributed by atoms with van der Waals surface area (Å²) in [5, 5.41) is 4.22. The van der Waals surface area contributed by atoms with Gasteiger partial charge >= 0.3 is 0 Å². The molecule has 2 aliphatic rings. The van der Waals surface area contributed by atoms with Crippen LogP contribution in [0.15, 0.2) is 182 Å². The molecule has 12 rings (SSSR count). The van der Waals surface area contributed by atoms with Gasteiger partial charge in [-0.05, 0) is 83.0 Å². The molecule has 246 valence electrons. The van der Waals surface area contributed by atoms with Crippen molar-refractivity contribution in [2.24, 2.45) is 0 Å². The van der Waals surface area contributed by atoms with Gasteiger partial charge in [-0.3, -0.25) is 0 Å². The van der Waals surface area contributed by atoms with Crippen LogP contribution in [0.3, 0.4) is 0 Å². The second kappa shape index (κ2) is 11.0. The van der Waals surface area contributed by atoms with Gasteiger partial charge in [0.1, 0.15) is 0 Å². The summed E-state index contributed by atoms with van der Waals surface area (Å²) >= 11 is 1.73. The molecule has 0 saturated heterocycles. The Hall–Kier alpha value is -6.56. The molecule has 0 bridgehead atoms. The lowest BCUT2D eigenvalue weighted by molar-refractivity contribution is 1.17. The zero-order valence-electron chi connectivity index (χ0n) is 37.0. The van der Waals surface area contributed by atoms with Gasteiger partial charge < -0.3 is 14.4 Å². The molecule has 0 saturated carbocycles. The Morgan fingerprint density at radius 2 is 1.19 bits per heavy atom. The van der Waals surface area contributed by atoms with E-state index in [1.807, 2.05) is 84.9 Å². The van der Waals surface area contributed by atoms with Crippen molar-refractivity contribution >= 4 is 111 Å². The van der Waals surface area contributed by atoms with Gasteiger partial charge in [0, 0.05) is 70.6 Å². The van der Waals surface area contributed by atoms with Crippen molar-refractivity contribution in [3.63, 3.8) is 0 Å². The normalized spacial score (nSPS) is 15.2. The molecule has 0 aliphatic carbocycles. The van der Waals surface area contributed by atoms with Crippen molar-refractivity contribution in [1.82, 2.24) is 4.57 Å². The SMILES string of the molecule is [2H]c1c([2H])c([2H])c(N2c3cc(N(c4ccccc4)c4ccccc4)cc4c3B(c3c([2H])c([2H])c([2H])c([2H])c32)c2cccc3c5ccc6sc7ccccc7c6c5n-4c23)c([2H])c1[2H]. The standard InChI is InChI=1S/C48H30BN3S/c1-4-15-31(16-5-1)50(32-17-6-2-7-18-32)34-29-41-46-42(30-34)52-47-35(36-27-28-44-45(48(36)52)37-21-10-13-26-43(37)53-44)22-14-24-39(47)49(46)38-23-11-12-25-40(38)51(41)33-19-8-3-9-20-33/h1-30H/i3D,8D,9D,11D,12D,19D,20D,23D,25D. The molecule has 0 spiro atoms. The molecule has 8 aromatic carbocycles. The lowest BCUT2D eigenvalue weighted by Gasteiger charge is -2.41. The average molecular weight is 701 g/mol. The van der Waals surface area contributed by atoms with Crippen LogP contribution in [0, 0.1) is 0 Å². The number of para-hydroxylation sites is 5. The molecule has 0 fully saturated rings. The fourth-order valence-electron chi connectivity index (χ4n) is 8.73. The van der Waals surface area contributed by atoms with Crippen LogP contribution in [0.1, 0.15) is 12.3 Å². The second-order valence-electron chi connectivity index (χ2n) is 13.4. The Bertz CT molecular complexity index is 3540. The minimum Gasteiger partial charge on any atom is -0.311 e. The number of thiophene rings is 1. The van der Waals surface area contributed by atoms with Gasteiger partial charge in [-0.1, -0.05) is 115 Å². The van der Waals surface area contributed by atoms with Gasteiger partial charge in [-0.15, -0.1) is 11.3 Å². The second-order valence-corrected chi connectivity index (χ2v) is 14.5. The molecule has 53 heavy (non-hydrogen) atoms. The van der Waals surface area contributed by atoms with Gasteiger partial charge in [0.2, 0.25) is 0 Å². The van der Waals surface area contributed by atoms with E-state index in [9.17, 15) is 5.48 Å². The van der Waals surface area contributed by atoms with Crippen molar-refractivity contribution in [3.8, 4) is 5.69 Å². The number of benzene rings is 8. The van der Waals surface area contributed by atoms with Crippen LogP contribution >= 0.6 is 11.3 Å². The van der Waals surface area contributed by atoms with Crippen LogP contribution in [0.5, 0.6) is 0 Å². The number of hydrogen-bond acceptors (Lipinski definition) is 3. The highest BCUT2D eigenvalue weighted by atomic mass is 32.1. The van der Waals surface area contributed by atoms with Crippen LogP contribution in [0.4, 0.5) is 34.1 Å². The van der Waals surface area contributed by atoms with Crippen molar-refractivity contribution in [3.05, 3.63) is 182 Å². The summed E-state index contributed by atoms with van der Waals surface area (Å²) in [6.07, 6.45) is 0. The number of fused-ring (bicyclic) bond motifs is 11. The first-order chi connectivity index (χ1) is 30.1. The van der Waals surface area contributed by atoms with Crippen LogP contribution in [0.25, 0.3) is 47.7 Å². The largest absolute Gasteiger partial charge is 0.311 e. The van der Waals surface area contributed by atoms with E-state index in [0.717, 1.165) is 64.5 Å². The first kappa shape index (κ1) is 21.7. The molecule has 3 nitrogen and oxygen atoms in total. The minimum absolute atomic E-state index is 0.0360. The summed E-state index contributed by atoms with van der Waals surface area (Å²) in [6, 6.07) is 38.5. The summed E-state index contributed by atoms with van der Waals surface area (Å²) in [4.78, 5) is 3.62. The Kier molecular flexibility index (Phi) is 4.50. The summed E-state index contributed by atoms with van der Waals surface area (Å²) in [7, 11) is 0. The molecule has 0 unspecified atom stereocenters. The summed E-state index contributed by atoms with van der Waals surface area (Å²) in [5.74, 6) is 0. The molecule has 2 aliphatic heterocycles. The van der Waals surface area contributed by atoms with Crippen LogP contribution < -0.4 is 26.2 Å². The Morgan fingerprint density at radius 3 is 2.00 bits per heavy atom. The van der Waals surface area contributed by atoms with Gasteiger partial charge in [-0.2, -0.15) is 0 Å². The van der Waals surface area contributed by atoms with Crippen LogP contribution in [-0.2, 0) is 0 Å². The highest BCUT2D eigenvalue weighted by Gasteiger charge is 2.42. The minimum atomic E-state index is -0.733. The highest BCUT2D eigenvalue weighted by molar-refractivity contribution is 7.26. The topological polar surface area (TPSA) is 11.4 Å². The molecule has 0 amide bonds. The Labute approximate surface area is 323 Å². The van der Waals surface area contributed by atoms with E-state index in [0.29, 0.717) is 16.8 Å². The van der Waals surface area contributed by atoms with Crippen molar-refractivity contribution in [1.29, 1.82) is 0 Å². The van der Waals surface area contributed by atoms with E-state index >= 15 is 0 Å². The predicted molar refractivity (Wildman–Crippen MR) is 228 cm³/mol. The molecule has 10 aromatic rings. The Balaban J connectivity index is 1.34. The molecule has 0 N–H and O–H groups in total. The first-order valence-corrected chi connectivity index (χ1v) is 18.3. The Morgan fingerprint density at radius 1 is 0.509 bits per heavy atom. The maximum atomic E-state index is 9.63. The quantitative estimate of drug-likeness (QED) is 0.169. The number of nitrogens with zero attached hydrogens (tertiary/aromatic N) is 3. The lowest BCUT2D eigenvalue weighted by Crippen LogP contribution is -2.60. The average Bonchev–Trinajstić information content (AvgIpc) is 3.85. The van der Waals surface area contributed by atoms with Crippen molar-refractivity contribution in [2.75, 3.05) is 9.80 Å². The number of anilines is 6. The first-order valence-electron chi connectivity index (χ1n) is 22.0. The van der Waals surface area contributed by atoms with E-state index in [4.69, 9.17) is 6.85 Å². The van der Waals surface area contributed by atoms with Crippen molar-refractivity contribution in [2.45, 2.75) is 0 Å². The molecule has 5 heteroatoms. The molecule has 0 atom stereocenters.